The molecule has 0 saturated carbocycles. The highest BCUT2D eigenvalue weighted by Gasteiger charge is 2.01. The number of carbonyl (C=O) groups excluding carboxylic acids is 1. The van der Waals surface area contributed by atoms with E-state index in [1.54, 1.807) is 0 Å². The monoisotopic (exact) mass is 277 g/mol. The van der Waals surface area contributed by atoms with Crippen molar-refractivity contribution < 1.29 is 9.53 Å². The SMILES string of the molecule is CCCCCCCCCOC(=O)NCc1ccccc1. The number of rotatable bonds is 10. The molecule has 1 aromatic carbocycles. The molecule has 0 aliphatic carbocycles. The second-order valence-electron chi connectivity index (χ2n) is 5.10. The maximum atomic E-state index is 11.5. The fourth-order valence-corrected chi connectivity index (χ4v) is 2.05. The average molecular weight is 277 g/mol. The van der Waals surface area contributed by atoms with E-state index in [0.29, 0.717) is 13.2 Å². The van der Waals surface area contributed by atoms with E-state index < -0.39 is 0 Å². The lowest BCUT2D eigenvalue weighted by Crippen LogP contribution is -2.24. The number of alkyl carbamates (subject to hydrolysis) is 1. The van der Waals surface area contributed by atoms with Gasteiger partial charge in [0.2, 0.25) is 0 Å². The van der Waals surface area contributed by atoms with Gasteiger partial charge in [0, 0.05) is 6.54 Å². The van der Waals surface area contributed by atoms with Gasteiger partial charge in [0.1, 0.15) is 0 Å². The molecule has 0 bridgehead atoms. The molecular weight excluding hydrogens is 250 g/mol. The number of nitrogens with one attached hydrogen (secondary N) is 1. The van der Waals surface area contributed by atoms with Gasteiger partial charge in [-0.1, -0.05) is 75.8 Å². The molecule has 1 aromatic rings. The number of hydrogen-bond acceptors (Lipinski definition) is 2. The lowest BCUT2D eigenvalue weighted by atomic mass is 10.1. The normalized spacial score (nSPS) is 10.2. The van der Waals surface area contributed by atoms with E-state index in [1.165, 1.54) is 32.1 Å². The number of hydrogen-bond donors (Lipinski definition) is 1. The van der Waals surface area contributed by atoms with E-state index in [-0.39, 0.29) is 6.09 Å². The van der Waals surface area contributed by atoms with Crippen LogP contribution >= 0.6 is 0 Å². The van der Waals surface area contributed by atoms with Gasteiger partial charge in [0.15, 0.2) is 0 Å². The molecule has 0 aliphatic rings. The third kappa shape index (κ3) is 8.57. The Morgan fingerprint density at radius 2 is 1.65 bits per heavy atom. The van der Waals surface area contributed by atoms with E-state index in [1.807, 2.05) is 30.3 Å². The van der Waals surface area contributed by atoms with Crippen molar-refractivity contribution in [2.45, 2.75) is 58.4 Å². The highest BCUT2D eigenvalue weighted by atomic mass is 16.5. The van der Waals surface area contributed by atoms with Gasteiger partial charge in [0.25, 0.3) is 0 Å². The Balaban J connectivity index is 1.93. The molecule has 0 atom stereocenters. The second kappa shape index (κ2) is 11.3. The average Bonchev–Trinajstić information content (AvgIpc) is 2.49. The molecule has 0 fully saturated rings. The van der Waals surface area contributed by atoms with E-state index in [9.17, 15) is 4.79 Å². The summed E-state index contributed by atoms with van der Waals surface area (Å²) >= 11 is 0. The molecule has 0 unspecified atom stereocenters. The van der Waals surface area contributed by atoms with Gasteiger partial charge >= 0.3 is 6.09 Å². The van der Waals surface area contributed by atoms with Crippen molar-refractivity contribution in [1.82, 2.24) is 5.32 Å². The molecule has 20 heavy (non-hydrogen) atoms. The van der Waals surface area contributed by atoms with Crippen LogP contribution in [0.3, 0.4) is 0 Å². The van der Waals surface area contributed by atoms with Crippen LogP contribution in [0.25, 0.3) is 0 Å². The molecule has 3 nitrogen and oxygen atoms in total. The minimum atomic E-state index is -0.320. The number of unbranched alkanes of at least 4 members (excludes halogenated alkanes) is 6. The van der Waals surface area contributed by atoms with Crippen LogP contribution in [0.1, 0.15) is 57.4 Å². The molecule has 0 aliphatic heterocycles. The smallest absolute Gasteiger partial charge is 0.407 e. The van der Waals surface area contributed by atoms with Gasteiger partial charge in [-0.3, -0.25) is 0 Å². The Morgan fingerprint density at radius 1 is 1.00 bits per heavy atom. The first kappa shape index (κ1) is 16.5. The highest BCUT2D eigenvalue weighted by Crippen LogP contribution is 2.06. The molecule has 0 heterocycles. The van der Waals surface area contributed by atoms with E-state index >= 15 is 0 Å². The third-order valence-electron chi connectivity index (χ3n) is 3.26. The summed E-state index contributed by atoms with van der Waals surface area (Å²) in [7, 11) is 0. The minimum Gasteiger partial charge on any atom is -0.450 e. The maximum absolute atomic E-state index is 11.5. The lowest BCUT2D eigenvalue weighted by Gasteiger charge is -2.07. The van der Waals surface area contributed by atoms with Crippen LogP contribution in [-0.4, -0.2) is 12.7 Å². The first-order valence-corrected chi connectivity index (χ1v) is 7.77. The van der Waals surface area contributed by atoms with E-state index in [4.69, 9.17) is 4.74 Å². The zero-order chi connectivity index (χ0) is 14.5. The lowest BCUT2D eigenvalue weighted by molar-refractivity contribution is 0.143. The van der Waals surface area contributed by atoms with Crippen molar-refractivity contribution >= 4 is 6.09 Å². The summed E-state index contributed by atoms with van der Waals surface area (Å²) in [6, 6.07) is 9.84. The summed E-state index contributed by atoms with van der Waals surface area (Å²) in [5.74, 6) is 0. The van der Waals surface area contributed by atoms with Crippen molar-refractivity contribution in [3.63, 3.8) is 0 Å². The van der Waals surface area contributed by atoms with Gasteiger partial charge < -0.3 is 10.1 Å². The van der Waals surface area contributed by atoms with Crippen LogP contribution in [-0.2, 0) is 11.3 Å². The number of ether oxygens (including phenoxy) is 1. The maximum Gasteiger partial charge on any atom is 0.407 e. The Bertz CT molecular complexity index is 351. The molecule has 0 aromatic heterocycles. The molecule has 3 heteroatoms. The summed E-state index contributed by atoms with van der Waals surface area (Å²) in [6.45, 7) is 3.27. The van der Waals surface area contributed by atoms with Gasteiger partial charge in [0.05, 0.1) is 6.61 Å². The largest absolute Gasteiger partial charge is 0.450 e. The molecule has 1 N–H and O–H groups in total. The highest BCUT2D eigenvalue weighted by molar-refractivity contribution is 5.67. The summed E-state index contributed by atoms with van der Waals surface area (Å²) in [5, 5.41) is 2.76. The van der Waals surface area contributed by atoms with Crippen LogP contribution in [0.5, 0.6) is 0 Å². The summed E-state index contributed by atoms with van der Waals surface area (Å²) in [5.41, 5.74) is 1.08. The molecule has 0 radical (unpaired) electrons. The van der Waals surface area contributed by atoms with Crippen LogP contribution < -0.4 is 5.32 Å². The predicted octanol–water partition coefficient (Wildman–Crippen LogP) is 4.66. The Labute approximate surface area is 122 Å². The Morgan fingerprint density at radius 3 is 2.35 bits per heavy atom. The van der Waals surface area contributed by atoms with Crippen LogP contribution in [0, 0.1) is 0 Å². The molecule has 1 rings (SSSR count). The zero-order valence-electron chi connectivity index (χ0n) is 12.6. The quantitative estimate of drug-likeness (QED) is 0.631. The zero-order valence-corrected chi connectivity index (χ0v) is 12.6. The second-order valence-corrected chi connectivity index (χ2v) is 5.10. The van der Waals surface area contributed by atoms with Crippen molar-refractivity contribution in [2.24, 2.45) is 0 Å². The fraction of sp³-hybridized carbons (Fsp3) is 0.588. The van der Waals surface area contributed by atoms with Crippen molar-refractivity contribution in [2.75, 3.05) is 6.61 Å². The van der Waals surface area contributed by atoms with Gasteiger partial charge in [-0.05, 0) is 12.0 Å². The molecule has 1 amide bonds. The summed E-state index contributed by atoms with van der Waals surface area (Å²) in [4.78, 5) is 11.5. The summed E-state index contributed by atoms with van der Waals surface area (Å²) < 4.78 is 5.14. The van der Waals surface area contributed by atoms with Crippen LogP contribution in [0.4, 0.5) is 4.79 Å². The van der Waals surface area contributed by atoms with Crippen LogP contribution in [0.2, 0.25) is 0 Å². The third-order valence-corrected chi connectivity index (χ3v) is 3.26. The Kier molecular flexibility index (Phi) is 9.37. The Hall–Kier alpha value is -1.51. The van der Waals surface area contributed by atoms with Crippen LogP contribution in [0.15, 0.2) is 30.3 Å². The van der Waals surface area contributed by atoms with E-state index in [0.717, 1.165) is 18.4 Å². The summed E-state index contributed by atoms with van der Waals surface area (Å²) in [6.07, 6.45) is 8.28. The first-order chi connectivity index (χ1) is 9.83. The van der Waals surface area contributed by atoms with Gasteiger partial charge in [-0.25, -0.2) is 4.79 Å². The minimum absolute atomic E-state index is 0.320. The van der Waals surface area contributed by atoms with Crippen molar-refractivity contribution in [3.05, 3.63) is 35.9 Å². The van der Waals surface area contributed by atoms with Crippen molar-refractivity contribution in [3.8, 4) is 0 Å². The predicted molar refractivity (Wildman–Crippen MR) is 82.6 cm³/mol. The molecule has 0 saturated heterocycles. The topological polar surface area (TPSA) is 38.3 Å². The van der Waals surface area contributed by atoms with E-state index in [2.05, 4.69) is 12.2 Å². The fourth-order valence-electron chi connectivity index (χ4n) is 2.05. The number of benzene rings is 1. The molecule has 112 valence electrons. The first-order valence-electron chi connectivity index (χ1n) is 7.77. The number of amides is 1. The van der Waals surface area contributed by atoms with Gasteiger partial charge in [-0.2, -0.15) is 0 Å². The van der Waals surface area contributed by atoms with Gasteiger partial charge in [-0.15, -0.1) is 0 Å². The molecule has 0 spiro atoms. The number of carbonyl (C=O) groups is 1. The molecular formula is C17H27NO2. The standard InChI is InChI=1S/C17H27NO2/c1-2-3-4-5-6-7-11-14-20-17(19)18-15-16-12-9-8-10-13-16/h8-10,12-13H,2-7,11,14-15H2,1H3,(H,18,19). The van der Waals surface area contributed by atoms with Crippen molar-refractivity contribution in [1.29, 1.82) is 0 Å².